The van der Waals surface area contributed by atoms with E-state index in [1.165, 1.54) is 17.2 Å². The molecule has 30 heavy (non-hydrogen) atoms. The van der Waals surface area contributed by atoms with Gasteiger partial charge in [-0.2, -0.15) is 0 Å². The zero-order valence-corrected chi connectivity index (χ0v) is 18.7. The van der Waals surface area contributed by atoms with E-state index in [1.54, 1.807) is 18.2 Å². The minimum atomic E-state index is -0.194. The first-order valence-electron chi connectivity index (χ1n) is 10.4. The lowest BCUT2D eigenvalue weighted by molar-refractivity contribution is -0.116. The number of carbonyl (C=O) groups excluding carboxylic acids is 1. The molecule has 162 valence electrons. The molecule has 0 heterocycles. The van der Waals surface area contributed by atoms with Crippen molar-refractivity contribution >= 4 is 18.3 Å². The topological polar surface area (TPSA) is 32.3 Å². The predicted octanol–water partition coefficient (Wildman–Crippen LogP) is 5.25. The van der Waals surface area contributed by atoms with E-state index in [0.717, 1.165) is 44.1 Å². The number of hydrogen-bond donors (Lipinski definition) is 1. The molecular weight excluding hydrogens is 399 g/mol. The Morgan fingerprint density at radius 3 is 2.43 bits per heavy atom. The summed E-state index contributed by atoms with van der Waals surface area (Å²) < 4.78 is 13.8. The molecule has 3 rings (SSSR count). The molecule has 0 bridgehead atoms. The summed E-state index contributed by atoms with van der Waals surface area (Å²) in [6.07, 6.45) is 7.15. The average Bonchev–Trinajstić information content (AvgIpc) is 2.72. The second-order valence-electron chi connectivity index (χ2n) is 8.12. The van der Waals surface area contributed by atoms with Crippen molar-refractivity contribution in [3.05, 3.63) is 83.2 Å². The van der Waals surface area contributed by atoms with Crippen LogP contribution in [0.4, 0.5) is 4.39 Å². The van der Waals surface area contributed by atoms with Gasteiger partial charge in [-0.3, -0.25) is 9.69 Å². The van der Waals surface area contributed by atoms with Crippen molar-refractivity contribution < 1.29 is 9.18 Å². The van der Waals surface area contributed by atoms with E-state index >= 15 is 0 Å². The van der Waals surface area contributed by atoms with Crippen molar-refractivity contribution in [2.24, 2.45) is 0 Å². The summed E-state index contributed by atoms with van der Waals surface area (Å²) >= 11 is 0. The lowest BCUT2D eigenvalue weighted by Gasteiger charge is -2.44. The average molecular weight is 431 g/mol. The van der Waals surface area contributed by atoms with Crippen molar-refractivity contribution in [3.8, 4) is 0 Å². The van der Waals surface area contributed by atoms with Gasteiger partial charge in [0.1, 0.15) is 5.82 Å². The number of nitrogens with zero attached hydrogens (tertiary/aromatic N) is 1. The van der Waals surface area contributed by atoms with Crippen LogP contribution in [-0.2, 0) is 16.8 Å². The van der Waals surface area contributed by atoms with Crippen LogP contribution in [0.3, 0.4) is 0 Å². The smallest absolute Gasteiger partial charge is 0.243 e. The minimum absolute atomic E-state index is 0. The highest BCUT2D eigenvalue weighted by atomic mass is 35.5. The summed E-state index contributed by atoms with van der Waals surface area (Å²) in [4.78, 5) is 14.5. The van der Waals surface area contributed by atoms with E-state index in [2.05, 4.69) is 36.4 Å². The molecule has 1 amide bonds. The first-order chi connectivity index (χ1) is 14.0. The number of carbonyl (C=O) groups is 1. The summed E-state index contributed by atoms with van der Waals surface area (Å²) in [6, 6.07) is 17.3. The predicted molar refractivity (Wildman–Crippen MR) is 123 cm³/mol. The molecule has 1 saturated carbocycles. The van der Waals surface area contributed by atoms with Crippen molar-refractivity contribution in [3.63, 3.8) is 0 Å². The Morgan fingerprint density at radius 1 is 1.10 bits per heavy atom. The van der Waals surface area contributed by atoms with Gasteiger partial charge in [0, 0.05) is 18.2 Å². The molecule has 0 aliphatic heterocycles. The van der Waals surface area contributed by atoms with Gasteiger partial charge in [0.25, 0.3) is 0 Å². The van der Waals surface area contributed by atoms with E-state index in [1.807, 2.05) is 24.3 Å². The number of halogens is 2. The maximum Gasteiger partial charge on any atom is 0.243 e. The van der Waals surface area contributed by atoms with Crippen LogP contribution in [0.15, 0.2) is 66.2 Å². The monoisotopic (exact) mass is 430 g/mol. The Hall–Kier alpha value is -2.17. The number of nitrogens with one attached hydrogen (secondary N) is 1. The Balaban J connectivity index is 0.00000320. The SMILES string of the molecule is CN(C)C1(c2cccc(F)c2)CCC(=CC(=O)NCCCc2ccccc2)CC1.Cl. The Labute approximate surface area is 185 Å². The van der Waals surface area contributed by atoms with Gasteiger partial charge in [0.2, 0.25) is 5.91 Å². The van der Waals surface area contributed by atoms with Gasteiger partial charge in [0.05, 0.1) is 0 Å². The van der Waals surface area contributed by atoms with E-state index < -0.39 is 0 Å². The molecule has 0 unspecified atom stereocenters. The van der Waals surface area contributed by atoms with Crippen LogP contribution in [0.25, 0.3) is 0 Å². The molecule has 1 N–H and O–H groups in total. The number of amides is 1. The second-order valence-corrected chi connectivity index (χ2v) is 8.12. The molecule has 1 aliphatic carbocycles. The van der Waals surface area contributed by atoms with Gasteiger partial charge in [0.15, 0.2) is 0 Å². The van der Waals surface area contributed by atoms with E-state index in [4.69, 9.17) is 0 Å². The third-order valence-corrected chi connectivity index (χ3v) is 6.06. The van der Waals surface area contributed by atoms with E-state index in [0.29, 0.717) is 6.54 Å². The van der Waals surface area contributed by atoms with E-state index in [9.17, 15) is 9.18 Å². The molecule has 1 aliphatic rings. The largest absolute Gasteiger partial charge is 0.353 e. The minimum Gasteiger partial charge on any atom is -0.353 e. The lowest BCUT2D eigenvalue weighted by Crippen LogP contribution is -2.43. The molecule has 5 heteroatoms. The maximum atomic E-state index is 13.8. The second kappa shape index (κ2) is 11.3. The van der Waals surface area contributed by atoms with Gasteiger partial charge < -0.3 is 5.32 Å². The van der Waals surface area contributed by atoms with Crippen molar-refractivity contribution in [1.82, 2.24) is 10.2 Å². The highest BCUT2D eigenvalue weighted by Gasteiger charge is 2.37. The summed E-state index contributed by atoms with van der Waals surface area (Å²) in [5.41, 5.74) is 3.32. The molecular formula is C25H32ClFN2O. The maximum absolute atomic E-state index is 13.8. The molecule has 3 nitrogen and oxygen atoms in total. The number of rotatable bonds is 7. The molecule has 0 aromatic heterocycles. The Morgan fingerprint density at radius 2 is 1.80 bits per heavy atom. The molecule has 0 radical (unpaired) electrons. The first-order valence-corrected chi connectivity index (χ1v) is 10.4. The van der Waals surface area contributed by atoms with Gasteiger partial charge in [-0.05, 0) is 75.9 Å². The van der Waals surface area contributed by atoms with Gasteiger partial charge in [-0.25, -0.2) is 4.39 Å². The van der Waals surface area contributed by atoms with Crippen LogP contribution >= 0.6 is 12.4 Å². The van der Waals surface area contributed by atoms with Gasteiger partial charge in [-0.15, -0.1) is 12.4 Å². The molecule has 1 fully saturated rings. The summed E-state index contributed by atoms with van der Waals surface area (Å²) in [7, 11) is 4.11. The van der Waals surface area contributed by atoms with Crippen LogP contribution in [0.1, 0.15) is 43.2 Å². The third-order valence-electron chi connectivity index (χ3n) is 6.06. The zero-order valence-electron chi connectivity index (χ0n) is 17.9. The highest BCUT2D eigenvalue weighted by Crippen LogP contribution is 2.42. The van der Waals surface area contributed by atoms with Crippen molar-refractivity contribution in [2.75, 3.05) is 20.6 Å². The standard InChI is InChI=1S/C25H31FN2O.ClH/c1-28(2)25(22-11-6-12-23(26)19-22)15-13-21(14-16-25)18-24(29)27-17-7-10-20-8-4-3-5-9-20;/h3-6,8-9,11-12,18-19H,7,10,13-17H2,1-2H3,(H,27,29);1H. The normalized spacial score (nSPS) is 18.6. The quantitative estimate of drug-likeness (QED) is 0.480. The Kier molecular flexibility index (Phi) is 9.07. The van der Waals surface area contributed by atoms with Gasteiger partial charge >= 0.3 is 0 Å². The number of aryl methyl sites for hydroxylation is 1. The van der Waals surface area contributed by atoms with Gasteiger partial charge in [-0.1, -0.05) is 48.0 Å². The Bertz CT molecular complexity index is 841. The summed E-state index contributed by atoms with van der Waals surface area (Å²) in [6.45, 7) is 0.683. The van der Waals surface area contributed by atoms with Crippen molar-refractivity contribution in [1.29, 1.82) is 0 Å². The van der Waals surface area contributed by atoms with Crippen LogP contribution in [0, 0.1) is 5.82 Å². The van der Waals surface area contributed by atoms with E-state index in [-0.39, 0.29) is 29.7 Å². The van der Waals surface area contributed by atoms with Crippen LogP contribution in [-0.4, -0.2) is 31.4 Å². The van der Waals surface area contributed by atoms with Crippen LogP contribution in [0.5, 0.6) is 0 Å². The van der Waals surface area contributed by atoms with Crippen LogP contribution < -0.4 is 5.32 Å². The molecule has 0 saturated heterocycles. The number of allylic oxidation sites excluding steroid dienone is 1. The fourth-order valence-electron chi connectivity index (χ4n) is 4.29. The third kappa shape index (κ3) is 6.16. The molecule has 0 atom stereocenters. The highest BCUT2D eigenvalue weighted by molar-refractivity contribution is 5.88. The lowest BCUT2D eigenvalue weighted by atomic mass is 9.74. The first kappa shape index (κ1) is 24.1. The fraction of sp³-hybridized carbons (Fsp3) is 0.400. The number of benzene rings is 2. The summed E-state index contributed by atoms with van der Waals surface area (Å²) in [5, 5.41) is 3.01. The van der Waals surface area contributed by atoms with Crippen LogP contribution in [0.2, 0.25) is 0 Å². The van der Waals surface area contributed by atoms with Crippen molar-refractivity contribution in [2.45, 2.75) is 44.1 Å². The molecule has 2 aromatic carbocycles. The molecule has 0 spiro atoms. The molecule has 2 aromatic rings. The summed E-state index contributed by atoms with van der Waals surface area (Å²) in [5.74, 6) is -0.198. The number of hydrogen-bond acceptors (Lipinski definition) is 2. The fourth-order valence-corrected chi connectivity index (χ4v) is 4.29. The zero-order chi connectivity index (χ0) is 20.7.